The van der Waals surface area contributed by atoms with Crippen LogP contribution in [0, 0.1) is 5.41 Å². The van der Waals surface area contributed by atoms with E-state index in [9.17, 15) is 14.7 Å². The van der Waals surface area contributed by atoms with Crippen molar-refractivity contribution in [3.63, 3.8) is 0 Å². The van der Waals surface area contributed by atoms with Gasteiger partial charge in [0.2, 0.25) is 5.91 Å². The number of amides is 1. The Balaban J connectivity index is 1.88. The summed E-state index contributed by atoms with van der Waals surface area (Å²) < 4.78 is 0. The molecule has 2 N–H and O–H groups in total. The SMILES string of the molecule is CC(=O)c1ccnc(N2CC[C@@H](O)[C@@]3(CCCNC3=O)C2)c1. The molecule has 0 bridgehead atoms. The number of hydrogen-bond acceptors (Lipinski definition) is 5. The Hall–Kier alpha value is -1.95. The molecule has 1 amide bonds. The molecule has 2 saturated heterocycles. The molecule has 0 saturated carbocycles. The summed E-state index contributed by atoms with van der Waals surface area (Å²) >= 11 is 0. The molecule has 2 aliphatic rings. The van der Waals surface area contributed by atoms with Crippen LogP contribution in [0.4, 0.5) is 5.82 Å². The molecule has 6 heteroatoms. The average molecular weight is 303 g/mol. The molecule has 22 heavy (non-hydrogen) atoms. The van der Waals surface area contributed by atoms with Crippen LogP contribution in [0.15, 0.2) is 18.3 Å². The van der Waals surface area contributed by atoms with E-state index in [1.165, 1.54) is 6.92 Å². The molecule has 3 rings (SSSR count). The van der Waals surface area contributed by atoms with Gasteiger partial charge in [0.1, 0.15) is 5.82 Å². The number of anilines is 1. The summed E-state index contributed by atoms with van der Waals surface area (Å²) in [5.74, 6) is 0.613. The van der Waals surface area contributed by atoms with Gasteiger partial charge in [0.25, 0.3) is 0 Å². The van der Waals surface area contributed by atoms with E-state index in [-0.39, 0.29) is 11.7 Å². The minimum absolute atomic E-state index is 0.00850. The van der Waals surface area contributed by atoms with Gasteiger partial charge in [-0.2, -0.15) is 0 Å². The van der Waals surface area contributed by atoms with Crippen LogP contribution < -0.4 is 10.2 Å². The third-order valence-electron chi connectivity index (χ3n) is 4.80. The van der Waals surface area contributed by atoms with Gasteiger partial charge in [0, 0.05) is 31.4 Å². The van der Waals surface area contributed by atoms with Crippen molar-refractivity contribution in [3.8, 4) is 0 Å². The van der Waals surface area contributed by atoms with Gasteiger partial charge < -0.3 is 15.3 Å². The second-order valence-corrected chi connectivity index (χ2v) is 6.20. The highest BCUT2D eigenvalue weighted by Gasteiger charge is 2.50. The summed E-state index contributed by atoms with van der Waals surface area (Å²) in [4.78, 5) is 30.2. The van der Waals surface area contributed by atoms with Crippen LogP contribution in [0.1, 0.15) is 36.5 Å². The highest BCUT2D eigenvalue weighted by atomic mass is 16.3. The smallest absolute Gasteiger partial charge is 0.230 e. The van der Waals surface area contributed by atoms with E-state index in [0.29, 0.717) is 43.9 Å². The molecule has 0 aromatic carbocycles. The van der Waals surface area contributed by atoms with Crippen LogP contribution in [-0.4, -0.2) is 47.5 Å². The van der Waals surface area contributed by atoms with E-state index in [2.05, 4.69) is 10.3 Å². The number of aliphatic hydroxyl groups is 1. The number of nitrogens with zero attached hydrogens (tertiary/aromatic N) is 2. The fourth-order valence-electron chi connectivity index (χ4n) is 3.45. The Morgan fingerprint density at radius 2 is 2.36 bits per heavy atom. The summed E-state index contributed by atoms with van der Waals surface area (Å²) in [6.07, 6.45) is 3.07. The van der Waals surface area contributed by atoms with Crippen molar-refractivity contribution in [3.05, 3.63) is 23.9 Å². The normalized spacial score (nSPS) is 28.5. The van der Waals surface area contributed by atoms with Crippen LogP contribution in [0.25, 0.3) is 0 Å². The van der Waals surface area contributed by atoms with E-state index < -0.39 is 11.5 Å². The third kappa shape index (κ3) is 2.47. The van der Waals surface area contributed by atoms with Gasteiger partial charge in [0.05, 0.1) is 11.5 Å². The molecular formula is C16H21N3O3. The number of carbonyl (C=O) groups excluding carboxylic acids is 2. The van der Waals surface area contributed by atoms with Gasteiger partial charge in [-0.15, -0.1) is 0 Å². The first-order valence-corrected chi connectivity index (χ1v) is 7.71. The highest BCUT2D eigenvalue weighted by molar-refractivity contribution is 5.94. The number of piperidine rings is 2. The third-order valence-corrected chi connectivity index (χ3v) is 4.80. The zero-order valence-electron chi connectivity index (χ0n) is 12.7. The number of aromatic nitrogens is 1. The second-order valence-electron chi connectivity index (χ2n) is 6.20. The molecule has 1 aromatic rings. The molecule has 1 spiro atoms. The van der Waals surface area contributed by atoms with Crippen molar-refractivity contribution in [1.82, 2.24) is 10.3 Å². The van der Waals surface area contributed by atoms with Crippen molar-refractivity contribution < 1.29 is 14.7 Å². The summed E-state index contributed by atoms with van der Waals surface area (Å²) in [5.41, 5.74) is -0.150. The van der Waals surface area contributed by atoms with Gasteiger partial charge in [-0.05, 0) is 38.3 Å². The molecule has 118 valence electrons. The maximum atomic E-state index is 12.4. The predicted octanol–water partition coefficient (Wildman–Crippen LogP) is 0.752. The lowest BCUT2D eigenvalue weighted by Crippen LogP contribution is -2.61. The number of Topliss-reactive ketones (excluding diaryl/α,β-unsaturated/α-hetero) is 1. The number of hydrogen-bond donors (Lipinski definition) is 2. The average Bonchev–Trinajstić information content (AvgIpc) is 2.53. The lowest BCUT2D eigenvalue weighted by atomic mass is 9.71. The molecule has 3 heterocycles. The van der Waals surface area contributed by atoms with Gasteiger partial charge in [-0.25, -0.2) is 4.98 Å². The van der Waals surface area contributed by atoms with Crippen molar-refractivity contribution in [2.45, 2.75) is 32.3 Å². The maximum absolute atomic E-state index is 12.4. The summed E-state index contributed by atoms with van der Waals surface area (Å²) in [7, 11) is 0. The molecule has 2 aliphatic heterocycles. The number of rotatable bonds is 2. The first-order chi connectivity index (χ1) is 10.5. The molecule has 0 unspecified atom stereocenters. The van der Waals surface area contributed by atoms with Crippen molar-refractivity contribution in [2.24, 2.45) is 5.41 Å². The predicted molar refractivity (Wildman–Crippen MR) is 81.8 cm³/mol. The van der Waals surface area contributed by atoms with E-state index in [1.807, 2.05) is 4.90 Å². The summed E-state index contributed by atoms with van der Waals surface area (Å²) in [6.45, 7) is 3.26. The second kappa shape index (κ2) is 5.68. The zero-order valence-corrected chi connectivity index (χ0v) is 12.7. The molecule has 2 atom stereocenters. The summed E-state index contributed by atoms with van der Waals surface area (Å²) in [5, 5.41) is 13.3. The van der Waals surface area contributed by atoms with Crippen LogP contribution in [0.3, 0.4) is 0 Å². The van der Waals surface area contributed by atoms with Crippen molar-refractivity contribution in [1.29, 1.82) is 0 Å². The Bertz CT molecular complexity index is 604. The van der Waals surface area contributed by atoms with Crippen LogP contribution >= 0.6 is 0 Å². The molecule has 0 aliphatic carbocycles. The topological polar surface area (TPSA) is 82.5 Å². The number of aliphatic hydroxyl groups excluding tert-OH is 1. The molecule has 0 radical (unpaired) electrons. The Morgan fingerprint density at radius 3 is 3.09 bits per heavy atom. The quantitative estimate of drug-likeness (QED) is 0.788. The van der Waals surface area contributed by atoms with Crippen molar-refractivity contribution >= 4 is 17.5 Å². The molecule has 2 fully saturated rings. The fourth-order valence-corrected chi connectivity index (χ4v) is 3.45. The van der Waals surface area contributed by atoms with Gasteiger partial charge in [-0.1, -0.05) is 0 Å². The van der Waals surface area contributed by atoms with Gasteiger partial charge in [0.15, 0.2) is 5.78 Å². The summed E-state index contributed by atoms with van der Waals surface area (Å²) in [6, 6.07) is 3.45. The standard InChI is InChI=1S/C16H21N3O3/c1-11(20)12-3-7-17-14(9-12)19-8-4-13(21)16(10-19)5-2-6-18-15(16)22/h3,7,9,13,21H,2,4-6,8,10H2,1H3,(H,18,22)/t13-,16-/m1/s1. The number of pyridine rings is 1. The van der Waals surface area contributed by atoms with Crippen LogP contribution in [-0.2, 0) is 4.79 Å². The monoisotopic (exact) mass is 303 g/mol. The number of ketones is 1. The number of carbonyl (C=O) groups is 2. The van der Waals surface area contributed by atoms with Gasteiger partial charge >= 0.3 is 0 Å². The van der Waals surface area contributed by atoms with Gasteiger partial charge in [-0.3, -0.25) is 9.59 Å². The first kappa shape index (κ1) is 15.0. The molecule has 6 nitrogen and oxygen atoms in total. The van der Waals surface area contributed by atoms with Crippen molar-refractivity contribution in [2.75, 3.05) is 24.5 Å². The number of nitrogens with one attached hydrogen (secondary N) is 1. The largest absolute Gasteiger partial charge is 0.392 e. The minimum Gasteiger partial charge on any atom is -0.392 e. The Kier molecular flexibility index (Phi) is 3.87. The van der Waals surface area contributed by atoms with Crippen LogP contribution in [0.2, 0.25) is 0 Å². The lowest BCUT2D eigenvalue weighted by molar-refractivity contribution is -0.142. The van der Waals surface area contributed by atoms with Crippen LogP contribution in [0.5, 0.6) is 0 Å². The minimum atomic E-state index is -0.760. The Labute approximate surface area is 129 Å². The maximum Gasteiger partial charge on any atom is 0.230 e. The fraction of sp³-hybridized carbons (Fsp3) is 0.562. The van der Waals surface area contributed by atoms with E-state index in [4.69, 9.17) is 0 Å². The lowest BCUT2D eigenvalue weighted by Gasteiger charge is -2.47. The van der Waals surface area contributed by atoms with E-state index in [0.717, 1.165) is 6.42 Å². The van der Waals surface area contributed by atoms with E-state index in [1.54, 1.807) is 18.3 Å². The van der Waals surface area contributed by atoms with E-state index >= 15 is 0 Å². The molecular weight excluding hydrogens is 282 g/mol. The highest BCUT2D eigenvalue weighted by Crippen LogP contribution is 2.38. The zero-order chi connectivity index (χ0) is 15.7. The first-order valence-electron chi connectivity index (χ1n) is 7.71. The Morgan fingerprint density at radius 1 is 1.55 bits per heavy atom. The molecule has 1 aromatic heterocycles.